The minimum atomic E-state index is -1.13. The van der Waals surface area contributed by atoms with E-state index in [9.17, 15) is 5.11 Å². The highest BCUT2D eigenvalue weighted by molar-refractivity contribution is 7.15. The number of aryl methyl sites for hydroxylation is 2. The molecule has 7 heteroatoms. The second-order valence-corrected chi connectivity index (χ2v) is 8.21. The first-order valence-corrected chi connectivity index (χ1v) is 10.5. The van der Waals surface area contributed by atoms with Gasteiger partial charge in [-0.1, -0.05) is 30.3 Å². The predicted molar refractivity (Wildman–Crippen MR) is 118 cm³/mol. The highest BCUT2D eigenvalue weighted by Crippen LogP contribution is 2.28. The smallest absolute Gasteiger partial charge is 0.191 e. The molecule has 0 fully saturated rings. The summed E-state index contributed by atoms with van der Waals surface area (Å²) >= 11 is 1.66. The van der Waals surface area contributed by atoms with Crippen LogP contribution in [0.4, 0.5) is 0 Å². The molecule has 2 aromatic heterocycles. The lowest BCUT2D eigenvalue weighted by molar-refractivity contribution is 0.0378. The van der Waals surface area contributed by atoms with E-state index in [-0.39, 0.29) is 6.54 Å². The van der Waals surface area contributed by atoms with Gasteiger partial charge in [-0.2, -0.15) is 0 Å². The van der Waals surface area contributed by atoms with Crippen molar-refractivity contribution in [2.24, 2.45) is 4.99 Å². The number of benzene rings is 1. The molecular weight excluding hydrogens is 384 g/mol. The Kier molecular flexibility index (Phi) is 6.71. The van der Waals surface area contributed by atoms with Crippen molar-refractivity contribution < 1.29 is 9.52 Å². The number of furan rings is 1. The number of hydrogen-bond acceptors (Lipinski definition) is 5. The van der Waals surface area contributed by atoms with Gasteiger partial charge in [0.15, 0.2) is 5.96 Å². The number of hydrogen-bond donors (Lipinski definition) is 3. The van der Waals surface area contributed by atoms with E-state index in [0.29, 0.717) is 18.3 Å². The number of aromatic nitrogens is 1. The van der Waals surface area contributed by atoms with Gasteiger partial charge < -0.3 is 20.2 Å². The molecule has 1 unspecified atom stereocenters. The van der Waals surface area contributed by atoms with Gasteiger partial charge in [0.1, 0.15) is 22.1 Å². The highest BCUT2D eigenvalue weighted by atomic mass is 32.1. The summed E-state index contributed by atoms with van der Waals surface area (Å²) in [6.07, 6.45) is 0. The second-order valence-electron chi connectivity index (χ2n) is 7.13. The number of aliphatic hydroxyl groups is 1. The van der Waals surface area contributed by atoms with E-state index >= 15 is 0 Å². The predicted octanol–water partition coefficient (Wildman–Crippen LogP) is 3.98. The van der Waals surface area contributed by atoms with E-state index in [1.807, 2.05) is 45.0 Å². The molecule has 0 aliphatic rings. The fourth-order valence-electron chi connectivity index (χ4n) is 2.84. The molecule has 1 aromatic carbocycles. The standard InChI is InChI=1S/C22H28N4O2S/c1-5-23-21(25-14-22(4,27)19-12-11-15(2)28-19)24-13-18-16(3)26-20(29-18)17-9-7-6-8-10-17/h6-12,27H,5,13-14H2,1-4H3,(H2,23,24,25). The Morgan fingerprint density at radius 3 is 2.59 bits per heavy atom. The van der Waals surface area contributed by atoms with Crippen molar-refractivity contribution in [1.29, 1.82) is 0 Å². The SMILES string of the molecule is CCNC(=NCc1sc(-c2ccccc2)nc1C)NCC(C)(O)c1ccc(C)o1. The van der Waals surface area contributed by atoms with Gasteiger partial charge in [-0.3, -0.25) is 0 Å². The molecule has 0 amide bonds. The summed E-state index contributed by atoms with van der Waals surface area (Å²) in [5.41, 5.74) is 0.975. The van der Waals surface area contributed by atoms with E-state index < -0.39 is 5.60 Å². The van der Waals surface area contributed by atoms with Crippen molar-refractivity contribution in [3.8, 4) is 10.6 Å². The van der Waals surface area contributed by atoms with Crippen LogP contribution in [0.15, 0.2) is 51.9 Å². The number of thiazole rings is 1. The van der Waals surface area contributed by atoms with Crippen LogP contribution in [0.1, 0.15) is 35.9 Å². The molecule has 3 aromatic rings. The van der Waals surface area contributed by atoms with Crippen molar-refractivity contribution in [2.45, 2.75) is 39.8 Å². The maximum absolute atomic E-state index is 10.7. The van der Waals surface area contributed by atoms with Gasteiger partial charge in [0.25, 0.3) is 0 Å². The van der Waals surface area contributed by atoms with Gasteiger partial charge in [-0.15, -0.1) is 11.3 Å². The number of rotatable bonds is 7. The molecule has 0 bridgehead atoms. The Morgan fingerprint density at radius 2 is 1.93 bits per heavy atom. The van der Waals surface area contributed by atoms with Crippen molar-refractivity contribution in [1.82, 2.24) is 15.6 Å². The molecule has 0 saturated heterocycles. The zero-order valence-electron chi connectivity index (χ0n) is 17.3. The molecular formula is C22H28N4O2S. The highest BCUT2D eigenvalue weighted by Gasteiger charge is 2.27. The molecule has 3 rings (SSSR count). The molecule has 0 aliphatic carbocycles. The number of guanidine groups is 1. The minimum Gasteiger partial charge on any atom is -0.463 e. The minimum absolute atomic E-state index is 0.280. The zero-order chi connectivity index (χ0) is 20.9. The Hall–Kier alpha value is -2.64. The van der Waals surface area contributed by atoms with Gasteiger partial charge in [0, 0.05) is 17.0 Å². The van der Waals surface area contributed by atoms with Crippen LogP contribution < -0.4 is 10.6 Å². The number of nitrogens with zero attached hydrogens (tertiary/aromatic N) is 2. The first-order valence-electron chi connectivity index (χ1n) is 9.72. The third-order valence-corrected chi connectivity index (χ3v) is 5.70. The Balaban J connectivity index is 1.69. The monoisotopic (exact) mass is 412 g/mol. The first-order chi connectivity index (χ1) is 13.9. The molecule has 2 heterocycles. The number of aliphatic imine (C=N–C) groups is 1. The van der Waals surface area contributed by atoms with Crippen molar-refractivity contribution in [3.63, 3.8) is 0 Å². The van der Waals surface area contributed by atoms with Crippen molar-refractivity contribution in [2.75, 3.05) is 13.1 Å². The number of nitrogens with one attached hydrogen (secondary N) is 2. The van der Waals surface area contributed by atoms with Crippen LogP contribution in [0.25, 0.3) is 10.6 Å². The summed E-state index contributed by atoms with van der Waals surface area (Å²) in [7, 11) is 0. The van der Waals surface area contributed by atoms with E-state index in [2.05, 4.69) is 32.7 Å². The van der Waals surface area contributed by atoms with Gasteiger partial charge in [0.05, 0.1) is 18.8 Å². The summed E-state index contributed by atoms with van der Waals surface area (Å²) in [5, 5.41) is 18.2. The van der Waals surface area contributed by atoms with E-state index in [0.717, 1.165) is 33.4 Å². The van der Waals surface area contributed by atoms with Crippen LogP contribution in [0.3, 0.4) is 0 Å². The van der Waals surface area contributed by atoms with Crippen LogP contribution in [-0.4, -0.2) is 29.1 Å². The Morgan fingerprint density at radius 1 is 1.17 bits per heavy atom. The summed E-state index contributed by atoms with van der Waals surface area (Å²) in [4.78, 5) is 10.5. The molecule has 29 heavy (non-hydrogen) atoms. The summed E-state index contributed by atoms with van der Waals surface area (Å²) < 4.78 is 5.57. The summed E-state index contributed by atoms with van der Waals surface area (Å²) in [6.45, 7) is 9.14. The molecule has 3 N–H and O–H groups in total. The van der Waals surface area contributed by atoms with Crippen molar-refractivity contribution >= 4 is 17.3 Å². The third kappa shape index (κ3) is 5.46. The van der Waals surface area contributed by atoms with Crippen LogP contribution in [0.5, 0.6) is 0 Å². The zero-order valence-corrected chi connectivity index (χ0v) is 18.1. The van der Waals surface area contributed by atoms with Gasteiger partial charge in [-0.25, -0.2) is 9.98 Å². The van der Waals surface area contributed by atoms with Crippen LogP contribution in [0.2, 0.25) is 0 Å². The van der Waals surface area contributed by atoms with Gasteiger partial charge in [-0.05, 0) is 39.8 Å². The van der Waals surface area contributed by atoms with Crippen molar-refractivity contribution in [3.05, 3.63) is 64.6 Å². The molecule has 6 nitrogen and oxygen atoms in total. The molecule has 0 saturated carbocycles. The van der Waals surface area contributed by atoms with Crippen LogP contribution >= 0.6 is 11.3 Å². The maximum atomic E-state index is 10.7. The third-order valence-electron chi connectivity index (χ3n) is 4.51. The average Bonchev–Trinajstić information content (AvgIpc) is 3.31. The van der Waals surface area contributed by atoms with E-state index in [1.54, 1.807) is 24.3 Å². The first kappa shape index (κ1) is 21.1. The fraction of sp³-hybridized carbons (Fsp3) is 0.364. The Labute approximate surface area is 175 Å². The quantitative estimate of drug-likeness (QED) is 0.404. The van der Waals surface area contributed by atoms with Gasteiger partial charge in [0.2, 0.25) is 0 Å². The second kappa shape index (κ2) is 9.24. The normalized spacial score (nSPS) is 13.9. The topological polar surface area (TPSA) is 82.7 Å². The fourth-order valence-corrected chi connectivity index (χ4v) is 3.83. The van der Waals surface area contributed by atoms with E-state index in [1.165, 1.54) is 0 Å². The lowest BCUT2D eigenvalue weighted by atomic mass is 10.0. The Bertz CT molecular complexity index is 960. The molecule has 0 aliphatic heterocycles. The molecule has 0 spiro atoms. The lowest BCUT2D eigenvalue weighted by Crippen LogP contribution is -2.44. The van der Waals surface area contributed by atoms with Crippen LogP contribution in [-0.2, 0) is 12.1 Å². The molecule has 0 radical (unpaired) electrons. The van der Waals surface area contributed by atoms with E-state index in [4.69, 9.17) is 4.42 Å². The van der Waals surface area contributed by atoms with Crippen LogP contribution in [0, 0.1) is 13.8 Å². The average molecular weight is 413 g/mol. The van der Waals surface area contributed by atoms with Gasteiger partial charge >= 0.3 is 0 Å². The molecule has 1 atom stereocenters. The molecule has 154 valence electrons. The largest absolute Gasteiger partial charge is 0.463 e. The lowest BCUT2D eigenvalue weighted by Gasteiger charge is -2.22. The summed E-state index contributed by atoms with van der Waals surface area (Å²) in [5.74, 6) is 1.95. The maximum Gasteiger partial charge on any atom is 0.191 e. The summed E-state index contributed by atoms with van der Waals surface area (Å²) in [6, 6.07) is 13.8.